The number of aromatic amines is 1. The number of benzene rings is 2. The lowest BCUT2D eigenvalue weighted by molar-refractivity contribution is 1.09. The molecule has 25 heavy (non-hydrogen) atoms. The van der Waals surface area contributed by atoms with E-state index in [-0.39, 0.29) is 0 Å². The minimum absolute atomic E-state index is 0.550. The van der Waals surface area contributed by atoms with Crippen LogP contribution in [0.4, 0.5) is 23.3 Å². The van der Waals surface area contributed by atoms with Crippen LogP contribution in [0.5, 0.6) is 0 Å². The summed E-state index contributed by atoms with van der Waals surface area (Å²) in [6.45, 7) is 2.14. The normalized spacial score (nSPS) is 10.8. The van der Waals surface area contributed by atoms with Crippen molar-refractivity contribution in [2.75, 3.05) is 10.6 Å². The Morgan fingerprint density at radius 3 is 2.72 bits per heavy atom. The van der Waals surface area contributed by atoms with Gasteiger partial charge in [-0.1, -0.05) is 31.2 Å². The van der Waals surface area contributed by atoms with Gasteiger partial charge in [0.05, 0.1) is 11.7 Å². The van der Waals surface area contributed by atoms with Crippen molar-refractivity contribution in [3.63, 3.8) is 0 Å². The number of fused-ring (bicyclic) bond motifs is 1. The summed E-state index contributed by atoms with van der Waals surface area (Å²) in [5.41, 5.74) is 3.11. The highest BCUT2D eigenvalue weighted by Gasteiger charge is 2.09. The maximum Gasteiger partial charge on any atom is 0.229 e. The van der Waals surface area contributed by atoms with Crippen molar-refractivity contribution >= 4 is 34.2 Å². The van der Waals surface area contributed by atoms with Gasteiger partial charge in [-0.2, -0.15) is 10.1 Å². The molecule has 2 heterocycles. The van der Waals surface area contributed by atoms with Gasteiger partial charge in [-0.25, -0.2) is 4.98 Å². The van der Waals surface area contributed by atoms with Crippen molar-refractivity contribution in [1.29, 1.82) is 0 Å². The van der Waals surface area contributed by atoms with Crippen LogP contribution >= 0.6 is 0 Å². The molecule has 4 rings (SSSR count). The van der Waals surface area contributed by atoms with Gasteiger partial charge in [0.1, 0.15) is 11.6 Å². The third-order valence-corrected chi connectivity index (χ3v) is 3.95. The first-order valence-electron chi connectivity index (χ1n) is 8.21. The van der Waals surface area contributed by atoms with Crippen molar-refractivity contribution in [2.45, 2.75) is 13.3 Å². The summed E-state index contributed by atoms with van der Waals surface area (Å²) in [5.74, 6) is 2.06. The third kappa shape index (κ3) is 3.28. The van der Waals surface area contributed by atoms with Crippen molar-refractivity contribution < 1.29 is 0 Å². The van der Waals surface area contributed by atoms with E-state index in [1.165, 1.54) is 5.56 Å². The highest BCUT2D eigenvalue weighted by atomic mass is 15.2. The number of nitrogens with zero attached hydrogens (tertiary/aromatic N) is 3. The zero-order valence-corrected chi connectivity index (χ0v) is 13.8. The molecular weight excluding hydrogens is 312 g/mol. The standard InChI is InChI=1S/C19H18N6/c1-2-13-6-5-7-14(12-13)21-19-22-16-9-4-3-8-15(16)18(24-19)23-17-10-11-20-25-17/h3-12H,2H2,1H3,(H3,20,21,22,23,24,25). The fourth-order valence-electron chi connectivity index (χ4n) is 2.68. The largest absolute Gasteiger partial charge is 0.325 e. The molecule has 4 aromatic rings. The summed E-state index contributed by atoms with van der Waals surface area (Å²) in [6.07, 6.45) is 2.68. The molecule has 0 amide bonds. The monoisotopic (exact) mass is 330 g/mol. The molecule has 0 unspecified atom stereocenters. The van der Waals surface area contributed by atoms with Gasteiger partial charge >= 0.3 is 0 Å². The lowest BCUT2D eigenvalue weighted by Gasteiger charge is -2.11. The number of para-hydroxylation sites is 1. The van der Waals surface area contributed by atoms with Crippen molar-refractivity contribution in [3.05, 3.63) is 66.4 Å². The highest BCUT2D eigenvalue weighted by molar-refractivity contribution is 5.91. The third-order valence-electron chi connectivity index (χ3n) is 3.95. The number of nitrogens with one attached hydrogen (secondary N) is 3. The molecule has 2 aromatic carbocycles. The second-order valence-corrected chi connectivity index (χ2v) is 5.69. The maximum atomic E-state index is 4.65. The Labute approximate surface area is 145 Å². The van der Waals surface area contributed by atoms with Gasteiger partial charge < -0.3 is 10.6 Å². The van der Waals surface area contributed by atoms with E-state index in [1.807, 2.05) is 42.5 Å². The molecular formula is C19H18N6. The molecule has 6 heteroatoms. The Morgan fingerprint density at radius 2 is 1.88 bits per heavy atom. The molecule has 0 bridgehead atoms. The van der Waals surface area contributed by atoms with Crippen LogP contribution in [0.3, 0.4) is 0 Å². The number of hydrogen-bond acceptors (Lipinski definition) is 5. The van der Waals surface area contributed by atoms with Crippen LogP contribution in [0.1, 0.15) is 12.5 Å². The number of hydrogen-bond donors (Lipinski definition) is 3. The first-order valence-corrected chi connectivity index (χ1v) is 8.21. The van der Waals surface area contributed by atoms with Gasteiger partial charge in [0.15, 0.2) is 0 Å². The molecule has 0 fully saturated rings. The molecule has 0 aliphatic heterocycles. The maximum absolute atomic E-state index is 4.65. The van der Waals surface area contributed by atoms with Crippen molar-refractivity contribution in [3.8, 4) is 0 Å². The topological polar surface area (TPSA) is 78.5 Å². The van der Waals surface area contributed by atoms with Crippen LogP contribution in [-0.2, 0) is 6.42 Å². The van der Waals surface area contributed by atoms with E-state index < -0.39 is 0 Å². The molecule has 0 saturated heterocycles. The summed E-state index contributed by atoms with van der Waals surface area (Å²) in [6, 6.07) is 18.0. The van der Waals surface area contributed by atoms with Gasteiger partial charge in [-0.3, -0.25) is 5.10 Å². The number of anilines is 4. The first-order chi connectivity index (χ1) is 12.3. The fraction of sp³-hybridized carbons (Fsp3) is 0.105. The van der Waals surface area contributed by atoms with E-state index in [9.17, 15) is 0 Å². The second-order valence-electron chi connectivity index (χ2n) is 5.69. The summed E-state index contributed by atoms with van der Waals surface area (Å²) >= 11 is 0. The number of aryl methyl sites for hydroxylation is 1. The van der Waals surface area contributed by atoms with Gasteiger partial charge in [0.2, 0.25) is 5.95 Å². The Hall–Kier alpha value is -3.41. The smallest absolute Gasteiger partial charge is 0.229 e. The summed E-state index contributed by atoms with van der Waals surface area (Å²) in [4.78, 5) is 9.27. The van der Waals surface area contributed by atoms with Crippen LogP contribution in [-0.4, -0.2) is 20.2 Å². The Kier molecular flexibility index (Phi) is 4.00. The Morgan fingerprint density at radius 1 is 0.960 bits per heavy atom. The predicted molar refractivity (Wildman–Crippen MR) is 101 cm³/mol. The van der Waals surface area contributed by atoms with E-state index in [0.717, 1.165) is 34.6 Å². The van der Waals surface area contributed by atoms with Crippen molar-refractivity contribution in [1.82, 2.24) is 20.2 Å². The van der Waals surface area contributed by atoms with E-state index in [0.29, 0.717) is 5.95 Å². The average Bonchev–Trinajstić information content (AvgIpc) is 3.15. The minimum Gasteiger partial charge on any atom is -0.325 e. The van der Waals surface area contributed by atoms with E-state index in [2.05, 4.69) is 49.9 Å². The average molecular weight is 330 g/mol. The zero-order valence-electron chi connectivity index (χ0n) is 13.8. The van der Waals surface area contributed by atoms with E-state index >= 15 is 0 Å². The summed E-state index contributed by atoms with van der Waals surface area (Å²) in [7, 11) is 0. The minimum atomic E-state index is 0.550. The number of aromatic nitrogens is 4. The molecule has 0 saturated carbocycles. The molecule has 3 N–H and O–H groups in total. The predicted octanol–water partition coefficient (Wildman–Crippen LogP) is 4.40. The van der Waals surface area contributed by atoms with Crippen molar-refractivity contribution in [2.24, 2.45) is 0 Å². The van der Waals surface area contributed by atoms with Crippen LogP contribution in [0.15, 0.2) is 60.8 Å². The lowest BCUT2D eigenvalue weighted by atomic mass is 10.1. The summed E-state index contributed by atoms with van der Waals surface area (Å²) in [5, 5.41) is 14.4. The lowest BCUT2D eigenvalue weighted by Crippen LogP contribution is -2.02. The molecule has 124 valence electrons. The quantitative estimate of drug-likeness (QED) is 0.505. The molecule has 0 spiro atoms. The van der Waals surface area contributed by atoms with E-state index in [4.69, 9.17) is 0 Å². The van der Waals surface area contributed by atoms with Crippen LogP contribution in [0.25, 0.3) is 10.9 Å². The Bertz CT molecular complexity index is 994. The van der Waals surface area contributed by atoms with Gasteiger partial charge in [-0.05, 0) is 36.2 Å². The van der Waals surface area contributed by atoms with Gasteiger partial charge in [0.25, 0.3) is 0 Å². The molecule has 0 aliphatic rings. The number of H-pyrrole nitrogens is 1. The molecule has 6 nitrogen and oxygen atoms in total. The molecule has 2 aromatic heterocycles. The number of rotatable bonds is 5. The van der Waals surface area contributed by atoms with Gasteiger partial charge in [0, 0.05) is 17.1 Å². The second kappa shape index (κ2) is 6.60. The summed E-state index contributed by atoms with van der Waals surface area (Å²) < 4.78 is 0. The Balaban J connectivity index is 1.73. The van der Waals surface area contributed by atoms with Crippen LogP contribution < -0.4 is 10.6 Å². The van der Waals surface area contributed by atoms with Crippen LogP contribution in [0, 0.1) is 0 Å². The molecule has 0 radical (unpaired) electrons. The molecule has 0 atom stereocenters. The first kappa shape index (κ1) is 15.1. The van der Waals surface area contributed by atoms with E-state index in [1.54, 1.807) is 6.20 Å². The highest BCUT2D eigenvalue weighted by Crippen LogP contribution is 2.25. The fourth-order valence-corrected chi connectivity index (χ4v) is 2.68. The van der Waals surface area contributed by atoms with Gasteiger partial charge in [-0.15, -0.1) is 0 Å². The SMILES string of the molecule is CCc1cccc(Nc2nc(Nc3ccn[nH]3)c3ccccc3n2)c1. The molecule has 0 aliphatic carbocycles. The van der Waals surface area contributed by atoms with Crippen LogP contribution in [0.2, 0.25) is 0 Å². The zero-order chi connectivity index (χ0) is 17.1.